The van der Waals surface area contributed by atoms with E-state index in [4.69, 9.17) is 16.3 Å². The van der Waals surface area contributed by atoms with Gasteiger partial charge in [-0.2, -0.15) is 5.26 Å². The Balaban J connectivity index is 1.42. The second-order valence-electron chi connectivity index (χ2n) is 8.90. The van der Waals surface area contributed by atoms with Gasteiger partial charge in [-0.1, -0.05) is 17.7 Å². The normalized spacial score (nSPS) is 14.8. The topological polar surface area (TPSA) is 86.5 Å². The summed E-state index contributed by atoms with van der Waals surface area (Å²) in [4.78, 5) is 33.0. The number of nitriles is 1. The van der Waals surface area contributed by atoms with Crippen molar-refractivity contribution in [3.63, 3.8) is 0 Å². The Morgan fingerprint density at radius 3 is 2.50 bits per heavy atom. The molecule has 0 aliphatic carbocycles. The number of rotatable bonds is 7. The van der Waals surface area contributed by atoms with Crippen LogP contribution in [-0.2, 0) is 4.79 Å². The number of halogens is 2. The number of hydrogen-bond acceptors (Lipinski definition) is 5. The molecule has 2 aromatic carbocycles. The van der Waals surface area contributed by atoms with Crippen molar-refractivity contribution in [1.82, 2.24) is 9.88 Å². The lowest BCUT2D eigenvalue weighted by molar-refractivity contribution is -0.123. The van der Waals surface area contributed by atoms with Crippen molar-refractivity contribution < 1.29 is 18.7 Å². The molecule has 2 heterocycles. The van der Waals surface area contributed by atoms with Crippen molar-refractivity contribution in [1.29, 1.82) is 5.26 Å². The third kappa shape index (κ3) is 4.50. The molecular formula is C27H24ClFN4O3. The molecule has 0 unspecified atom stereocenters. The van der Waals surface area contributed by atoms with E-state index in [0.717, 1.165) is 10.5 Å². The molecule has 9 heteroatoms. The summed E-state index contributed by atoms with van der Waals surface area (Å²) in [5, 5.41) is 9.39. The van der Waals surface area contributed by atoms with E-state index in [9.17, 15) is 19.2 Å². The average molecular weight is 507 g/mol. The van der Waals surface area contributed by atoms with E-state index >= 15 is 0 Å². The van der Waals surface area contributed by atoms with Crippen LogP contribution >= 0.6 is 11.6 Å². The second-order valence-corrected chi connectivity index (χ2v) is 9.28. The molecule has 0 N–H and O–H groups in total. The molecule has 0 spiro atoms. The Morgan fingerprint density at radius 2 is 1.83 bits per heavy atom. The third-order valence-corrected chi connectivity index (χ3v) is 6.76. The minimum Gasteiger partial charge on any atom is -0.490 e. The zero-order valence-corrected chi connectivity index (χ0v) is 20.8. The van der Waals surface area contributed by atoms with E-state index in [1.54, 1.807) is 63.5 Å². The highest BCUT2D eigenvalue weighted by atomic mass is 35.5. The van der Waals surface area contributed by atoms with Crippen LogP contribution in [0.2, 0.25) is 5.02 Å². The maximum Gasteiger partial charge on any atom is 0.332 e. The van der Waals surface area contributed by atoms with Gasteiger partial charge in [0.15, 0.2) is 11.6 Å². The van der Waals surface area contributed by atoms with Crippen LogP contribution in [0.4, 0.5) is 14.9 Å². The summed E-state index contributed by atoms with van der Waals surface area (Å²) >= 11 is 6.26. The van der Waals surface area contributed by atoms with Gasteiger partial charge >= 0.3 is 6.03 Å². The van der Waals surface area contributed by atoms with Crippen molar-refractivity contribution in [3.05, 3.63) is 76.8 Å². The van der Waals surface area contributed by atoms with Gasteiger partial charge in [-0.25, -0.2) is 14.1 Å². The number of amides is 3. The van der Waals surface area contributed by atoms with Crippen molar-refractivity contribution in [3.8, 4) is 22.9 Å². The molecule has 184 valence electrons. The van der Waals surface area contributed by atoms with Crippen molar-refractivity contribution in [2.45, 2.75) is 32.7 Å². The lowest BCUT2D eigenvalue weighted by Gasteiger charge is -2.27. The Kier molecular flexibility index (Phi) is 6.95. The largest absolute Gasteiger partial charge is 0.490 e. The van der Waals surface area contributed by atoms with Crippen LogP contribution in [0.25, 0.3) is 11.1 Å². The fourth-order valence-electron chi connectivity index (χ4n) is 4.17. The number of urea groups is 1. The van der Waals surface area contributed by atoms with E-state index in [-0.39, 0.29) is 29.5 Å². The van der Waals surface area contributed by atoms with Crippen LogP contribution in [-0.4, -0.2) is 40.5 Å². The fraction of sp³-hybridized carbons (Fsp3) is 0.259. The number of aromatic nitrogens is 1. The smallest absolute Gasteiger partial charge is 0.332 e. The molecule has 7 nitrogen and oxygen atoms in total. The van der Waals surface area contributed by atoms with Gasteiger partial charge in [0.05, 0.1) is 22.9 Å². The maximum absolute atomic E-state index is 14.6. The standard InChI is InChI=1S/C27H24ClFN4O3/c1-17-22(7-5-20(16-30)24(17)28)33-25(34)27(2,3)32(26(33)35)13-4-14-36-23-8-6-19(15-21(23)29)18-9-11-31-12-10-18/h5-12,15H,4,13-14H2,1-3H3. The molecule has 0 radical (unpaired) electrons. The van der Waals surface area contributed by atoms with Crippen molar-refractivity contribution in [2.75, 3.05) is 18.1 Å². The Morgan fingerprint density at radius 1 is 1.11 bits per heavy atom. The van der Waals surface area contributed by atoms with Gasteiger partial charge in [0.25, 0.3) is 5.91 Å². The molecule has 1 aliphatic rings. The van der Waals surface area contributed by atoms with Crippen LogP contribution in [0.1, 0.15) is 31.4 Å². The van der Waals surface area contributed by atoms with Crippen LogP contribution in [0.15, 0.2) is 54.9 Å². The number of anilines is 1. The number of nitrogens with zero attached hydrogens (tertiary/aromatic N) is 4. The summed E-state index contributed by atoms with van der Waals surface area (Å²) in [5.41, 5.74) is 1.55. The minimum atomic E-state index is -1.10. The number of ether oxygens (including phenoxy) is 1. The van der Waals surface area contributed by atoms with E-state index in [2.05, 4.69) is 4.98 Å². The summed E-state index contributed by atoms with van der Waals surface area (Å²) in [6, 6.07) is 12.9. The monoisotopic (exact) mass is 506 g/mol. The van der Waals surface area contributed by atoms with Crippen LogP contribution in [0.3, 0.4) is 0 Å². The van der Waals surface area contributed by atoms with Gasteiger partial charge in [-0.3, -0.25) is 9.78 Å². The maximum atomic E-state index is 14.6. The lowest BCUT2D eigenvalue weighted by Crippen LogP contribution is -2.44. The van der Waals surface area contributed by atoms with Gasteiger partial charge in [0.1, 0.15) is 11.6 Å². The molecule has 1 saturated heterocycles. The molecule has 3 amide bonds. The fourth-order valence-corrected chi connectivity index (χ4v) is 4.38. The van der Waals surface area contributed by atoms with E-state index in [0.29, 0.717) is 23.2 Å². The summed E-state index contributed by atoms with van der Waals surface area (Å²) in [6.45, 7) is 5.39. The van der Waals surface area contributed by atoms with Gasteiger partial charge in [0, 0.05) is 18.9 Å². The predicted octanol–water partition coefficient (Wildman–Crippen LogP) is 5.74. The van der Waals surface area contributed by atoms with Crippen molar-refractivity contribution in [2.24, 2.45) is 0 Å². The zero-order valence-electron chi connectivity index (χ0n) is 20.1. The van der Waals surface area contributed by atoms with Crippen LogP contribution in [0.5, 0.6) is 5.75 Å². The van der Waals surface area contributed by atoms with Crippen LogP contribution < -0.4 is 9.64 Å². The first-order chi connectivity index (χ1) is 17.2. The number of imide groups is 1. The molecule has 0 saturated carbocycles. The minimum absolute atomic E-state index is 0.111. The highest BCUT2D eigenvalue weighted by molar-refractivity contribution is 6.33. The number of carbonyl (C=O) groups is 2. The first-order valence-electron chi connectivity index (χ1n) is 11.3. The van der Waals surface area contributed by atoms with Gasteiger partial charge in [0.2, 0.25) is 0 Å². The molecule has 36 heavy (non-hydrogen) atoms. The predicted molar refractivity (Wildman–Crippen MR) is 134 cm³/mol. The van der Waals surface area contributed by atoms with E-state index in [1.165, 1.54) is 17.0 Å². The number of hydrogen-bond donors (Lipinski definition) is 0. The molecule has 1 aromatic heterocycles. The van der Waals surface area contributed by atoms with E-state index in [1.807, 2.05) is 6.07 Å². The van der Waals surface area contributed by atoms with Gasteiger partial charge in [-0.15, -0.1) is 0 Å². The SMILES string of the molecule is Cc1c(N2C(=O)N(CCCOc3ccc(-c4ccncc4)cc3F)C(C)(C)C2=O)ccc(C#N)c1Cl. The quantitative estimate of drug-likeness (QED) is 0.301. The molecule has 3 aromatic rings. The molecule has 4 rings (SSSR count). The first-order valence-corrected chi connectivity index (χ1v) is 11.7. The zero-order chi connectivity index (χ0) is 26.0. The molecule has 0 atom stereocenters. The molecule has 0 bridgehead atoms. The first kappa shape index (κ1) is 25.1. The third-order valence-electron chi connectivity index (χ3n) is 6.27. The lowest BCUT2D eigenvalue weighted by atomic mass is 10.0. The summed E-state index contributed by atoms with van der Waals surface area (Å²) in [7, 11) is 0. The van der Waals surface area contributed by atoms with E-state index < -0.39 is 23.3 Å². The molecule has 1 aliphatic heterocycles. The number of carbonyl (C=O) groups excluding carboxylic acids is 2. The summed E-state index contributed by atoms with van der Waals surface area (Å²) in [6.07, 6.45) is 3.67. The Hall–Kier alpha value is -3.96. The number of benzene rings is 2. The molecular weight excluding hydrogens is 483 g/mol. The summed E-state index contributed by atoms with van der Waals surface area (Å²) in [5.74, 6) is -0.771. The highest BCUT2D eigenvalue weighted by Gasteiger charge is 2.51. The number of pyridine rings is 1. The summed E-state index contributed by atoms with van der Waals surface area (Å²) < 4.78 is 20.2. The average Bonchev–Trinajstić information content (AvgIpc) is 3.03. The van der Waals surface area contributed by atoms with Gasteiger partial charge in [-0.05, 0) is 80.3 Å². The van der Waals surface area contributed by atoms with Crippen LogP contribution in [0, 0.1) is 24.1 Å². The molecule has 1 fully saturated rings. The Bertz CT molecular complexity index is 1370. The van der Waals surface area contributed by atoms with Crippen molar-refractivity contribution >= 4 is 29.2 Å². The van der Waals surface area contributed by atoms with Gasteiger partial charge < -0.3 is 9.64 Å². The highest BCUT2D eigenvalue weighted by Crippen LogP contribution is 2.37. The Labute approximate surface area is 213 Å². The second kappa shape index (κ2) is 9.96.